The molecule has 0 bridgehead atoms. The number of esters is 1. The number of carbonyl (C=O) groups is 1. The van der Waals surface area contributed by atoms with Crippen LogP contribution in [-0.4, -0.2) is 45.3 Å². The zero-order valence-corrected chi connectivity index (χ0v) is 15.6. The fourth-order valence-electron chi connectivity index (χ4n) is 2.31. The summed E-state index contributed by atoms with van der Waals surface area (Å²) in [4.78, 5) is 11.3. The van der Waals surface area contributed by atoms with E-state index in [-0.39, 0.29) is 6.79 Å². The molecule has 1 heterocycles. The van der Waals surface area contributed by atoms with Crippen LogP contribution < -0.4 is 10.2 Å². The Bertz CT molecular complexity index is 637. The third-order valence-corrected chi connectivity index (χ3v) is 4.49. The van der Waals surface area contributed by atoms with Gasteiger partial charge in [-0.2, -0.15) is 0 Å². The van der Waals surface area contributed by atoms with Crippen LogP contribution in [0.4, 0.5) is 0 Å². The van der Waals surface area contributed by atoms with Crippen LogP contribution in [0.1, 0.15) is 33.3 Å². The molecule has 0 atom stereocenters. The second kappa shape index (κ2) is 7.60. The van der Waals surface area contributed by atoms with Gasteiger partial charge in [0.2, 0.25) is 0 Å². The van der Waals surface area contributed by atoms with Crippen molar-refractivity contribution >= 4 is 24.6 Å². The summed E-state index contributed by atoms with van der Waals surface area (Å²) in [7, 11) is 2.31. The van der Waals surface area contributed by atoms with E-state index in [2.05, 4.69) is 4.74 Å². The third kappa shape index (κ3) is 4.42. The molecule has 0 radical (unpaired) electrons. The summed E-state index contributed by atoms with van der Waals surface area (Å²) < 4.78 is 27.5. The first-order chi connectivity index (χ1) is 11.7. The molecular weight excluding hydrogens is 323 g/mol. The Morgan fingerprint density at radius 2 is 1.80 bits per heavy atom. The van der Waals surface area contributed by atoms with Crippen molar-refractivity contribution in [3.63, 3.8) is 0 Å². The summed E-state index contributed by atoms with van der Waals surface area (Å²) in [6.45, 7) is 8.07. The predicted octanol–water partition coefficient (Wildman–Crippen LogP) is 2.15. The van der Waals surface area contributed by atoms with E-state index in [1.165, 1.54) is 13.2 Å². The monoisotopic (exact) mass is 348 g/mol. The van der Waals surface area contributed by atoms with E-state index >= 15 is 0 Å². The minimum atomic E-state index is -0.580. The topological polar surface area (TPSA) is 63.2 Å². The maximum Gasteiger partial charge on any atom is 0.498 e. The molecule has 0 aliphatic carbocycles. The van der Waals surface area contributed by atoms with Gasteiger partial charge in [0.05, 0.1) is 18.3 Å². The van der Waals surface area contributed by atoms with Crippen LogP contribution in [0.25, 0.3) is 6.08 Å². The molecule has 6 nitrogen and oxygen atoms in total. The maximum atomic E-state index is 11.3. The lowest BCUT2D eigenvalue weighted by Gasteiger charge is -2.32. The molecule has 0 N–H and O–H groups in total. The molecule has 1 aromatic carbocycles. The Balaban J connectivity index is 2.35. The van der Waals surface area contributed by atoms with Crippen LogP contribution in [-0.2, 0) is 23.6 Å². The van der Waals surface area contributed by atoms with Crippen LogP contribution >= 0.6 is 0 Å². The molecule has 0 aromatic heterocycles. The van der Waals surface area contributed by atoms with Crippen LogP contribution in [0.2, 0.25) is 0 Å². The number of methoxy groups -OCH3 is 2. The molecule has 0 spiro atoms. The van der Waals surface area contributed by atoms with Gasteiger partial charge in [-0.15, -0.1) is 0 Å². The van der Waals surface area contributed by atoms with Gasteiger partial charge in [0.1, 0.15) is 5.75 Å². The number of hydrogen-bond donors (Lipinski definition) is 0. The number of carbonyl (C=O) groups excluding carboxylic acids is 1. The first-order valence-corrected chi connectivity index (χ1v) is 8.07. The van der Waals surface area contributed by atoms with Gasteiger partial charge < -0.3 is 23.5 Å². The maximum absolute atomic E-state index is 11.3. The number of benzene rings is 1. The Labute approximate surface area is 149 Å². The summed E-state index contributed by atoms with van der Waals surface area (Å²) in [5.41, 5.74) is 0.616. The quantitative estimate of drug-likeness (QED) is 0.340. The van der Waals surface area contributed by atoms with E-state index < -0.39 is 24.3 Å². The van der Waals surface area contributed by atoms with E-state index in [1.807, 2.05) is 39.8 Å². The van der Waals surface area contributed by atoms with E-state index in [9.17, 15) is 4.79 Å². The van der Waals surface area contributed by atoms with Crippen molar-refractivity contribution in [1.82, 2.24) is 0 Å². The molecule has 1 aliphatic rings. The van der Waals surface area contributed by atoms with Gasteiger partial charge in [-0.1, -0.05) is 12.1 Å². The summed E-state index contributed by atoms with van der Waals surface area (Å²) >= 11 is 0. The van der Waals surface area contributed by atoms with Crippen molar-refractivity contribution in [2.75, 3.05) is 21.0 Å². The summed E-state index contributed by atoms with van der Waals surface area (Å²) in [5.74, 6) is 0.187. The van der Waals surface area contributed by atoms with Gasteiger partial charge >= 0.3 is 13.1 Å². The van der Waals surface area contributed by atoms with Crippen LogP contribution in [0, 0.1) is 0 Å². The molecule has 0 unspecified atom stereocenters. The zero-order chi connectivity index (χ0) is 18.7. The molecule has 136 valence electrons. The molecule has 1 aliphatic heterocycles. The van der Waals surface area contributed by atoms with E-state index in [0.717, 1.165) is 11.0 Å². The first-order valence-electron chi connectivity index (χ1n) is 8.07. The summed E-state index contributed by atoms with van der Waals surface area (Å²) in [6.07, 6.45) is 3.03. The van der Waals surface area contributed by atoms with Crippen LogP contribution in [0.3, 0.4) is 0 Å². The molecule has 1 saturated heterocycles. The second-order valence-corrected chi connectivity index (χ2v) is 6.79. The molecule has 1 fully saturated rings. The van der Waals surface area contributed by atoms with Gasteiger partial charge in [-0.05, 0) is 45.4 Å². The Morgan fingerprint density at radius 3 is 2.36 bits per heavy atom. The molecule has 0 amide bonds. The Hall–Kier alpha value is -1.83. The lowest BCUT2D eigenvalue weighted by Crippen LogP contribution is -2.41. The Morgan fingerprint density at radius 1 is 1.16 bits per heavy atom. The zero-order valence-electron chi connectivity index (χ0n) is 15.6. The second-order valence-electron chi connectivity index (χ2n) is 6.79. The van der Waals surface area contributed by atoms with Gasteiger partial charge in [-0.3, -0.25) is 0 Å². The fourth-order valence-corrected chi connectivity index (χ4v) is 2.31. The normalized spacial score (nSPS) is 18.6. The molecule has 0 saturated carbocycles. The Kier molecular flexibility index (Phi) is 5.93. The average Bonchev–Trinajstić information content (AvgIpc) is 2.78. The van der Waals surface area contributed by atoms with Gasteiger partial charge in [0, 0.05) is 18.6 Å². The third-order valence-electron chi connectivity index (χ3n) is 4.49. The van der Waals surface area contributed by atoms with E-state index in [1.54, 1.807) is 19.3 Å². The van der Waals surface area contributed by atoms with Crippen molar-refractivity contribution in [1.29, 1.82) is 0 Å². The van der Waals surface area contributed by atoms with Gasteiger partial charge in [0.15, 0.2) is 6.79 Å². The number of rotatable bonds is 6. The van der Waals surface area contributed by atoms with Crippen LogP contribution in [0.15, 0.2) is 24.3 Å². The molecular formula is C18H25BO6. The van der Waals surface area contributed by atoms with E-state index in [4.69, 9.17) is 18.8 Å². The van der Waals surface area contributed by atoms with Crippen LogP contribution in [0.5, 0.6) is 5.75 Å². The van der Waals surface area contributed by atoms with Crippen molar-refractivity contribution in [2.45, 2.75) is 38.9 Å². The fraction of sp³-hybridized carbons (Fsp3) is 0.500. The van der Waals surface area contributed by atoms with Gasteiger partial charge in [0.25, 0.3) is 0 Å². The van der Waals surface area contributed by atoms with Crippen molar-refractivity contribution in [3.8, 4) is 5.75 Å². The lowest BCUT2D eigenvalue weighted by atomic mass is 9.77. The molecule has 25 heavy (non-hydrogen) atoms. The van der Waals surface area contributed by atoms with Crippen molar-refractivity contribution < 1.29 is 28.3 Å². The molecule has 2 rings (SSSR count). The highest BCUT2D eigenvalue weighted by molar-refractivity contribution is 6.63. The smallest absolute Gasteiger partial charge is 0.468 e. The molecule has 7 heteroatoms. The standard InChI is InChI=1S/C18H25BO6/c1-17(2)18(3,4)25-19(24-17)14-11-13(8-10-16(20)22-6)7-9-15(14)23-12-21-5/h7-11H,12H2,1-6H3/b10-8-. The summed E-state index contributed by atoms with van der Waals surface area (Å²) in [5, 5.41) is 0. The lowest BCUT2D eigenvalue weighted by molar-refractivity contribution is -0.134. The highest BCUT2D eigenvalue weighted by Gasteiger charge is 2.52. The average molecular weight is 348 g/mol. The van der Waals surface area contributed by atoms with Crippen molar-refractivity contribution in [2.24, 2.45) is 0 Å². The highest BCUT2D eigenvalue weighted by Crippen LogP contribution is 2.37. The predicted molar refractivity (Wildman–Crippen MR) is 95.7 cm³/mol. The summed E-state index contributed by atoms with van der Waals surface area (Å²) in [6, 6.07) is 5.50. The molecule has 1 aromatic rings. The minimum absolute atomic E-state index is 0.115. The van der Waals surface area contributed by atoms with Crippen molar-refractivity contribution in [3.05, 3.63) is 29.8 Å². The van der Waals surface area contributed by atoms with Gasteiger partial charge in [-0.25, -0.2) is 4.79 Å². The number of hydrogen-bond acceptors (Lipinski definition) is 6. The SMILES string of the molecule is COCOc1ccc(/C=C\C(=O)OC)cc1B1OC(C)(C)C(C)(C)O1. The largest absolute Gasteiger partial charge is 0.498 e. The first kappa shape index (κ1) is 19.5. The highest BCUT2D eigenvalue weighted by atomic mass is 16.7. The number of ether oxygens (including phenoxy) is 3. The minimum Gasteiger partial charge on any atom is -0.468 e. The van der Waals surface area contributed by atoms with E-state index in [0.29, 0.717) is 5.75 Å².